The number of nitrogens with zero attached hydrogens (tertiary/aromatic N) is 1. The van der Waals surface area contributed by atoms with Crippen LogP contribution in [0, 0.1) is 5.92 Å². The molecule has 3 heterocycles. The number of aliphatic hydroxyl groups excluding tert-OH is 1. The van der Waals surface area contributed by atoms with Crippen molar-refractivity contribution < 1.29 is 38.4 Å². The first-order valence-corrected chi connectivity index (χ1v) is 12.7. The highest BCUT2D eigenvalue weighted by Crippen LogP contribution is 2.43. The number of ether oxygens (including phenoxy) is 5. The van der Waals surface area contributed by atoms with Crippen molar-refractivity contribution in [1.29, 1.82) is 0 Å². The minimum atomic E-state index is -1.18. The SMILES string of the molecule is CC(C)C(=O)O[C@@H]1CO[C@@]2(CN3CCC(NC(=O)OCc4ccccc4)CC3)OC(C)(C)O[C@H]2[C@@H]1O. The summed E-state index contributed by atoms with van der Waals surface area (Å²) in [5.74, 6) is -2.86. The second kappa shape index (κ2) is 11.0. The third kappa shape index (κ3) is 6.36. The van der Waals surface area contributed by atoms with Gasteiger partial charge in [0.25, 0.3) is 0 Å². The van der Waals surface area contributed by atoms with Gasteiger partial charge in [0.1, 0.15) is 18.8 Å². The second-order valence-corrected chi connectivity index (χ2v) is 10.5. The number of aliphatic hydroxyl groups is 1. The highest BCUT2D eigenvalue weighted by Gasteiger charge is 2.62. The first kappa shape index (κ1) is 26.8. The maximum atomic E-state index is 12.2. The lowest BCUT2D eigenvalue weighted by atomic mass is 9.95. The van der Waals surface area contributed by atoms with Crippen LogP contribution in [0.2, 0.25) is 0 Å². The maximum Gasteiger partial charge on any atom is 0.407 e. The summed E-state index contributed by atoms with van der Waals surface area (Å²) in [7, 11) is 0. The molecule has 0 aromatic heterocycles. The number of carbonyl (C=O) groups excluding carboxylic acids is 2. The molecule has 3 aliphatic rings. The minimum Gasteiger partial charge on any atom is -0.457 e. The summed E-state index contributed by atoms with van der Waals surface area (Å²) in [6, 6.07) is 9.56. The largest absolute Gasteiger partial charge is 0.457 e. The fourth-order valence-electron chi connectivity index (χ4n) is 4.89. The standard InChI is InChI=1S/C26H38N2O8/c1-17(2)23(30)34-20-15-33-26(22(21(20)29)35-25(3,4)36-26)16-28-12-10-19(11-13-28)27-24(31)32-14-18-8-6-5-7-9-18/h5-9,17,19-22,29H,10-16H2,1-4H3,(H,27,31)/t20-,21-,22+,26+/m1/s1. The van der Waals surface area contributed by atoms with Gasteiger partial charge in [0.15, 0.2) is 11.9 Å². The molecule has 1 aromatic rings. The topological polar surface area (TPSA) is 116 Å². The summed E-state index contributed by atoms with van der Waals surface area (Å²) >= 11 is 0. The summed E-state index contributed by atoms with van der Waals surface area (Å²) in [5, 5.41) is 14.0. The molecule has 36 heavy (non-hydrogen) atoms. The lowest BCUT2D eigenvalue weighted by molar-refractivity contribution is -0.299. The Bertz CT molecular complexity index is 902. The summed E-state index contributed by atoms with van der Waals surface area (Å²) in [5.41, 5.74) is 0.939. The predicted molar refractivity (Wildman–Crippen MR) is 129 cm³/mol. The molecule has 10 heteroatoms. The number of nitrogens with one attached hydrogen (secondary N) is 1. The maximum absolute atomic E-state index is 12.2. The summed E-state index contributed by atoms with van der Waals surface area (Å²) in [6.07, 6.45) is -1.67. The van der Waals surface area contributed by atoms with Crippen LogP contribution in [0.1, 0.15) is 46.1 Å². The van der Waals surface area contributed by atoms with Crippen LogP contribution in [0.15, 0.2) is 30.3 Å². The Morgan fingerprint density at radius 3 is 2.56 bits per heavy atom. The van der Waals surface area contributed by atoms with Gasteiger partial charge in [0.05, 0.1) is 19.1 Å². The van der Waals surface area contributed by atoms with Crippen LogP contribution < -0.4 is 5.32 Å². The van der Waals surface area contributed by atoms with E-state index in [0.29, 0.717) is 19.6 Å². The van der Waals surface area contributed by atoms with E-state index in [2.05, 4.69) is 10.2 Å². The van der Waals surface area contributed by atoms with E-state index in [1.807, 2.05) is 30.3 Å². The first-order chi connectivity index (χ1) is 17.1. The molecule has 0 bridgehead atoms. The number of piperidine rings is 1. The smallest absolute Gasteiger partial charge is 0.407 e. The van der Waals surface area contributed by atoms with Gasteiger partial charge in [0, 0.05) is 19.1 Å². The number of hydrogen-bond donors (Lipinski definition) is 2. The molecule has 200 valence electrons. The Morgan fingerprint density at radius 2 is 1.89 bits per heavy atom. The van der Waals surface area contributed by atoms with Crippen LogP contribution in [0.3, 0.4) is 0 Å². The van der Waals surface area contributed by atoms with Crippen molar-refractivity contribution in [3.63, 3.8) is 0 Å². The van der Waals surface area contributed by atoms with E-state index in [9.17, 15) is 14.7 Å². The number of amides is 1. The lowest BCUT2D eigenvalue weighted by Gasteiger charge is -2.45. The molecular weight excluding hydrogens is 468 g/mol. The second-order valence-electron chi connectivity index (χ2n) is 10.5. The van der Waals surface area contributed by atoms with Crippen molar-refractivity contribution in [2.75, 3.05) is 26.2 Å². The third-order valence-corrected chi connectivity index (χ3v) is 6.75. The zero-order valence-corrected chi connectivity index (χ0v) is 21.5. The van der Waals surface area contributed by atoms with Crippen LogP contribution in [-0.4, -0.2) is 84.2 Å². The third-order valence-electron chi connectivity index (χ3n) is 6.75. The Hall–Kier alpha value is -2.24. The van der Waals surface area contributed by atoms with Crippen molar-refractivity contribution in [2.24, 2.45) is 5.92 Å². The highest BCUT2D eigenvalue weighted by molar-refractivity contribution is 5.71. The number of benzene rings is 1. The summed E-state index contributed by atoms with van der Waals surface area (Å²) in [6.45, 7) is 9.06. The molecule has 0 unspecified atom stereocenters. The van der Waals surface area contributed by atoms with Crippen molar-refractivity contribution >= 4 is 12.1 Å². The molecule has 0 spiro atoms. The fraction of sp³-hybridized carbons (Fsp3) is 0.692. The van der Waals surface area contributed by atoms with Gasteiger partial charge in [-0.05, 0) is 32.3 Å². The average molecular weight is 507 g/mol. The molecule has 2 N–H and O–H groups in total. The zero-order valence-electron chi connectivity index (χ0n) is 21.5. The van der Waals surface area contributed by atoms with Crippen molar-refractivity contribution in [2.45, 2.75) is 83.1 Å². The number of fused-ring (bicyclic) bond motifs is 1. The van der Waals surface area contributed by atoms with E-state index in [-0.39, 0.29) is 25.2 Å². The molecule has 0 aliphatic carbocycles. The Kier molecular flexibility index (Phi) is 8.21. The van der Waals surface area contributed by atoms with Crippen LogP contribution >= 0.6 is 0 Å². The van der Waals surface area contributed by atoms with E-state index in [4.69, 9.17) is 23.7 Å². The molecule has 0 radical (unpaired) electrons. The van der Waals surface area contributed by atoms with Gasteiger partial charge in [-0.25, -0.2) is 4.79 Å². The molecule has 3 aliphatic heterocycles. The van der Waals surface area contributed by atoms with E-state index in [1.54, 1.807) is 27.7 Å². The van der Waals surface area contributed by atoms with Gasteiger partial charge < -0.3 is 34.1 Å². The monoisotopic (exact) mass is 506 g/mol. The lowest BCUT2D eigenvalue weighted by Crippen LogP contribution is -2.64. The van der Waals surface area contributed by atoms with Gasteiger partial charge in [-0.1, -0.05) is 44.2 Å². The van der Waals surface area contributed by atoms with Crippen LogP contribution in [0.25, 0.3) is 0 Å². The number of esters is 1. The molecule has 1 aromatic carbocycles. The van der Waals surface area contributed by atoms with Crippen LogP contribution in [-0.2, 0) is 35.1 Å². The number of carbonyl (C=O) groups is 2. The Morgan fingerprint density at radius 1 is 1.19 bits per heavy atom. The first-order valence-electron chi connectivity index (χ1n) is 12.7. The molecule has 1 amide bonds. The molecular formula is C26H38N2O8. The molecule has 4 rings (SSSR count). The fourth-order valence-corrected chi connectivity index (χ4v) is 4.89. The number of rotatable bonds is 7. The molecule has 10 nitrogen and oxygen atoms in total. The highest BCUT2D eigenvalue weighted by atomic mass is 16.8. The number of likely N-dealkylation sites (tertiary alicyclic amines) is 1. The van der Waals surface area contributed by atoms with E-state index >= 15 is 0 Å². The normalized spacial score (nSPS) is 30.6. The Labute approximate surface area is 212 Å². The van der Waals surface area contributed by atoms with Crippen molar-refractivity contribution in [3.8, 4) is 0 Å². The number of alkyl carbamates (subject to hydrolysis) is 1. The molecule has 0 saturated carbocycles. The van der Waals surface area contributed by atoms with Crippen molar-refractivity contribution in [1.82, 2.24) is 10.2 Å². The van der Waals surface area contributed by atoms with Gasteiger partial charge in [-0.15, -0.1) is 0 Å². The van der Waals surface area contributed by atoms with Crippen LogP contribution in [0.5, 0.6) is 0 Å². The minimum absolute atomic E-state index is 0.00713. The molecule has 3 saturated heterocycles. The van der Waals surface area contributed by atoms with E-state index < -0.39 is 41.9 Å². The van der Waals surface area contributed by atoms with Gasteiger partial charge >= 0.3 is 12.1 Å². The summed E-state index contributed by atoms with van der Waals surface area (Å²) < 4.78 is 29.2. The zero-order chi connectivity index (χ0) is 25.9. The predicted octanol–water partition coefficient (Wildman–Crippen LogP) is 2.18. The van der Waals surface area contributed by atoms with Gasteiger partial charge in [0.2, 0.25) is 5.79 Å². The molecule has 3 fully saturated rings. The quantitative estimate of drug-likeness (QED) is 0.537. The summed E-state index contributed by atoms with van der Waals surface area (Å²) in [4.78, 5) is 26.5. The van der Waals surface area contributed by atoms with E-state index in [1.165, 1.54) is 0 Å². The van der Waals surface area contributed by atoms with Gasteiger partial charge in [-0.3, -0.25) is 9.69 Å². The molecule has 4 atom stereocenters. The number of hydrogen-bond acceptors (Lipinski definition) is 9. The van der Waals surface area contributed by atoms with Crippen LogP contribution in [0.4, 0.5) is 4.79 Å². The van der Waals surface area contributed by atoms with Crippen molar-refractivity contribution in [3.05, 3.63) is 35.9 Å². The van der Waals surface area contributed by atoms with Gasteiger partial charge in [-0.2, -0.15) is 0 Å². The average Bonchev–Trinajstić information content (AvgIpc) is 3.12. The van der Waals surface area contributed by atoms with E-state index in [0.717, 1.165) is 18.4 Å². The Balaban J connectivity index is 1.29.